The largest absolute Gasteiger partial charge is 0.383 e. The summed E-state index contributed by atoms with van der Waals surface area (Å²) in [6.07, 6.45) is 5.87. The van der Waals surface area contributed by atoms with Crippen LogP contribution in [-0.4, -0.2) is 15.8 Å². The lowest BCUT2D eigenvalue weighted by molar-refractivity contribution is 0.698. The molecule has 1 aromatic heterocycles. The van der Waals surface area contributed by atoms with Gasteiger partial charge in [0.1, 0.15) is 5.82 Å². The summed E-state index contributed by atoms with van der Waals surface area (Å²) in [6, 6.07) is 0. The minimum atomic E-state index is -0.0406. The summed E-state index contributed by atoms with van der Waals surface area (Å²) in [4.78, 5) is 8.57. The Bertz CT molecular complexity index is 424. The molecular formula is C10H14N4. The highest BCUT2D eigenvalue weighted by molar-refractivity contribution is 5.74. The third-order valence-corrected chi connectivity index (χ3v) is 2.28. The van der Waals surface area contributed by atoms with Crippen molar-refractivity contribution >= 4 is 24.2 Å². The Morgan fingerprint density at radius 2 is 2.14 bits per heavy atom. The van der Waals surface area contributed by atoms with Crippen molar-refractivity contribution in [2.75, 3.05) is 5.73 Å². The van der Waals surface area contributed by atoms with Crippen LogP contribution in [0.25, 0.3) is 6.20 Å². The predicted octanol–water partition coefficient (Wildman–Crippen LogP) is 1.99. The Balaban J connectivity index is 2.58. The number of imidazole rings is 1. The van der Waals surface area contributed by atoms with E-state index in [9.17, 15) is 0 Å². The first-order valence-corrected chi connectivity index (χ1v) is 4.58. The van der Waals surface area contributed by atoms with Crippen molar-refractivity contribution in [3.63, 3.8) is 0 Å². The summed E-state index contributed by atoms with van der Waals surface area (Å²) >= 11 is 0. The Morgan fingerprint density at radius 1 is 1.43 bits per heavy atom. The smallest absolute Gasteiger partial charge is 0.235 e. The molecular weight excluding hydrogens is 176 g/mol. The van der Waals surface area contributed by atoms with Crippen LogP contribution in [0.3, 0.4) is 0 Å². The molecule has 0 spiro atoms. The quantitative estimate of drug-likeness (QED) is 0.680. The van der Waals surface area contributed by atoms with E-state index in [4.69, 9.17) is 5.73 Å². The van der Waals surface area contributed by atoms with E-state index in [0.717, 1.165) is 5.69 Å². The van der Waals surface area contributed by atoms with Gasteiger partial charge in [0.05, 0.1) is 5.69 Å². The number of hydrogen-bond acceptors (Lipinski definition) is 3. The van der Waals surface area contributed by atoms with Crippen molar-refractivity contribution in [1.29, 1.82) is 0 Å². The Labute approximate surface area is 83.2 Å². The molecule has 0 amide bonds. The number of fused-ring (bicyclic) bond motifs is 1. The van der Waals surface area contributed by atoms with Crippen LogP contribution >= 0.6 is 0 Å². The molecule has 2 heterocycles. The molecule has 0 saturated heterocycles. The molecule has 0 aromatic carbocycles. The number of allylic oxidation sites excluding steroid dienone is 1. The lowest BCUT2D eigenvalue weighted by Gasteiger charge is -2.10. The van der Waals surface area contributed by atoms with Gasteiger partial charge in [0.2, 0.25) is 5.95 Å². The Hall–Kier alpha value is -1.58. The average molecular weight is 190 g/mol. The lowest BCUT2D eigenvalue weighted by atomic mass is 9.96. The van der Waals surface area contributed by atoms with Crippen molar-refractivity contribution in [1.82, 2.24) is 9.55 Å². The first-order valence-electron chi connectivity index (χ1n) is 4.58. The van der Waals surface area contributed by atoms with E-state index in [1.807, 2.05) is 19.3 Å². The monoisotopic (exact) mass is 190 g/mol. The van der Waals surface area contributed by atoms with E-state index in [2.05, 4.69) is 29.9 Å². The van der Waals surface area contributed by atoms with Gasteiger partial charge < -0.3 is 5.73 Å². The van der Waals surface area contributed by atoms with Crippen LogP contribution in [0.2, 0.25) is 0 Å². The summed E-state index contributed by atoms with van der Waals surface area (Å²) in [5.74, 6) is 1.31. The fraction of sp³-hybridized carbons (Fsp3) is 0.400. The molecule has 1 aliphatic rings. The van der Waals surface area contributed by atoms with Crippen LogP contribution in [0.4, 0.5) is 11.8 Å². The zero-order chi connectivity index (χ0) is 10.3. The van der Waals surface area contributed by atoms with E-state index >= 15 is 0 Å². The third kappa shape index (κ3) is 1.32. The normalized spacial score (nSPS) is 17.9. The van der Waals surface area contributed by atoms with Crippen molar-refractivity contribution in [3.8, 4) is 0 Å². The maximum Gasteiger partial charge on any atom is 0.235 e. The maximum absolute atomic E-state index is 5.86. The van der Waals surface area contributed by atoms with Crippen LogP contribution in [0.5, 0.6) is 0 Å². The standard InChI is InChI=1S/C10H14N4/c1-7-8(11)14-5-4-10(2,3)6-12-9(14)13-7/h4-6H,11H2,1-3H3. The minimum absolute atomic E-state index is 0.0406. The van der Waals surface area contributed by atoms with Crippen molar-refractivity contribution < 1.29 is 0 Å². The van der Waals surface area contributed by atoms with Gasteiger partial charge >= 0.3 is 0 Å². The number of aryl methyl sites for hydroxylation is 1. The van der Waals surface area contributed by atoms with Gasteiger partial charge in [0.15, 0.2) is 0 Å². The number of nitrogens with two attached hydrogens (primary N) is 1. The fourth-order valence-electron chi connectivity index (χ4n) is 1.32. The van der Waals surface area contributed by atoms with Crippen LogP contribution in [-0.2, 0) is 0 Å². The van der Waals surface area contributed by atoms with E-state index < -0.39 is 0 Å². The molecule has 0 fully saturated rings. The summed E-state index contributed by atoms with van der Waals surface area (Å²) in [6.45, 7) is 6.05. The molecule has 4 nitrogen and oxygen atoms in total. The lowest BCUT2D eigenvalue weighted by Crippen LogP contribution is -2.07. The second-order valence-electron chi connectivity index (χ2n) is 4.15. The number of aromatic nitrogens is 2. The maximum atomic E-state index is 5.86. The predicted molar refractivity (Wildman–Crippen MR) is 58.6 cm³/mol. The van der Waals surface area contributed by atoms with E-state index in [1.165, 1.54) is 0 Å². The molecule has 1 aromatic rings. The van der Waals surface area contributed by atoms with E-state index in [0.29, 0.717) is 11.8 Å². The van der Waals surface area contributed by atoms with Gasteiger partial charge in [0, 0.05) is 17.8 Å². The molecule has 0 bridgehead atoms. The van der Waals surface area contributed by atoms with Crippen LogP contribution in [0, 0.1) is 12.3 Å². The number of anilines is 1. The summed E-state index contributed by atoms with van der Waals surface area (Å²) < 4.78 is 1.81. The molecule has 0 saturated carbocycles. The van der Waals surface area contributed by atoms with Crippen molar-refractivity contribution in [2.45, 2.75) is 20.8 Å². The summed E-state index contributed by atoms with van der Waals surface area (Å²) in [5.41, 5.74) is 6.64. The van der Waals surface area contributed by atoms with E-state index in [1.54, 1.807) is 4.57 Å². The topological polar surface area (TPSA) is 56.2 Å². The van der Waals surface area contributed by atoms with Gasteiger partial charge in [-0.2, -0.15) is 0 Å². The van der Waals surface area contributed by atoms with E-state index in [-0.39, 0.29) is 5.41 Å². The molecule has 14 heavy (non-hydrogen) atoms. The fourth-order valence-corrected chi connectivity index (χ4v) is 1.32. The van der Waals surface area contributed by atoms with Crippen LogP contribution in [0.15, 0.2) is 11.1 Å². The zero-order valence-electron chi connectivity index (χ0n) is 8.65. The van der Waals surface area contributed by atoms with Crippen LogP contribution in [0.1, 0.15) is 19.5 Å². The van der Waals surface area contributed by atoms with Crippen LogP contribution < -0.4 is 5.73 Å². The Kier molecular flexibility index (Phi) is 1.74. The number of rotatable bonds is 0. The highest BCUT2D eigenvalue weighted by atomic mass is 15.2. The van der Waals surface area contributed by atoms with Crippen molar-refractivity contribution in [2.24, 2.45) is 10.4 Å². The molecule has 74 valence electrons. The molecule has 2 N–H and O–H groups in total. The molecule has 0 aliphatic carbocycles. The molecule has 1 aliphatic heterocycles. The van der Waals surface area contributed by atoms with Gasteiger partial charge in [-0.15, -0.1) is 0 Å². The number of nitrogens with zero attached hydrogens (tertiary/aromatic N) is 3. The first-order chi connectivity index (χ1) is 6.49. The third-order valence-electron chi connectivity index (χ3n) is 2.28. The summed E-state index contributed by atoms with van der Waals surface area (Å²) in [5, 5.41) is 0. The van der Waals surface area contributed by atoms with Gasteiger partial charge in [0.25, 0.3) is 0 Å². The second kappa shape index (κ2) is 2.70. The SMILES string of the molecule is Cc1nc2n(c1N)C=CC(C)(C)C=N2. The molecule has 2 rings (SSSR count). The van der Waals surface area contributed by atoms with Gasteiger partial charge in [-0.3, -0.25) is 4.57 Å². The minimum Gasteiger partial charge on any atom is -0.383 e. The number of hydrogen-bond donors (Lipinski definition) is 1. The summed E-state index contributed by atoms with van der Waals surface area (Å²) in [7, 11) is 0. The van der Waals surface area contributed by atoms with Crippen molar-refractivity contribution in [3.05, 3.63) is 11.8 Å². The second-order valence-corrected chi connectivity index (χ2v) is 4.15. The molecule has 0 radical (unpaired) electrons. The number of aliphatic imine (C=N–C) groups is 1. The first kappa shape index (κ1) is 8.99. The van der Waals surface area contributed by atoms with Gasteiger partial charge in [-0.1, -0.05) is 19.9 Å². The van der Waals surface area contributed by atoms with Gasteiger partial charge in [-0.25, -0.2) is 9.98 Å². The number of nitrogen functional groups attached to an aromatic ring is 1. The zero-order valence-corrected chi connectivity index (χ0v) is 8.65. The molecule has 0 unspecified atom stereocenters. The van der Waals surface area contributed by atoms with Gasteiger partial charge in [-0.05, 0) is 6.92 Å². The Morgan fingerprint density at radius 3 is 2.86 bits per heavy atom. The highest BCUT2D eigenvalue weighted by Crippen LogP contribution is 2.26. The highest BCUT2D eigenvalue weighted by Gasteiger charge is 2.16. The average Bonchev–Trinajstić information content (AvgIpc) is 2.27. The molecule has 4 heteroatoms. The molecule has 0 atom stereocenters.